The molecule has 0 bridgehead atoms. The second-order valence-corrected chi connectivity index (χ2v) is 9.92. The van der Waals surface area contributed by atoms with E-state index in [0.717, 1.165) is 11.1 Å². The smallest absolute Gasteiger partial charge is 0.271 e. The zero-order valence-electron chi connectivity index (χ0n) is 17.3. The van der Waals surface area contributed by atoms with Crippen molar-refractivity contribution in [3.8, 4) is 5.69 Å². The average molecular weight is 459 g/mol. The van der Waals surface area contributed by atoms with Crippen LogP contribution in [0.3, 0.4) is 0 Å². The average Bonchev–Trinajstić information content (AvgIpc) is 2.75. The summed E-state index contributed by atoms with van der Waals surface area (Å²) in [6, 6.07) is 15.4. The summed E-state index contributed by atoms with van der Waals surface area (Å²) in [6.45, 7) is 5.42. The molecule has 0 aliphatic carbocycles. The van der Waals surface area contributed by atoms with E-state index in [4.69, 9.17) is 11.6 Å². The van der Waals surface area contributed by atoms with E-state index in [2.05, 4.69) is 5.10 Å². The van der Waals surface area contributed by atoms with Crippen LogP contribution in [0.5, 0.6) is 0 Å². The van der Waals surface area contributed by atoms with Crippen molar-refractivity contribution in [1.29, 1.82) is 0 Å². The van der Waals surface area contributed by atoms with Gasteiger partial charge in [-0.3, -0.25) is 4.79 Å². The predicted molar refractivity (Wildman–Crippen MR) is 122 cm³/mol. The van der Waals surface area contributed by atoms with Gasteiger partial charge in [0.2, 0.25) is 10.0 Å². The monoisotopic (exact) mass is 458 g/mol. The number of hydrogen-bond acceptors (Lipinski definition) is 5. The summed E-state index contributed by atoms with van der Waals surface area (Å²) in [5, 5.41) is 5.06. The van der Waals surface area contributed by atoms with Crippen molar-refractivity contribution in [2.45, 2.75) is 18.7 Å². The van der Waals surface area contributed by atoms with E-state index in [0.29, 0.717) is 47.6 Å². The Labute approximate surface area is 186 Å². The number of aromatic nitrogens is 2. The summed E-state index contributed by atoms with van der Waals surface area (Å²) in [7, 11) is -3.56. The van der Waals surface area contributed by atoms with Gasteiger partial charge in [-0.1, -0.05) is 29.3 Å². The third kappa shape index (κ3) is 4.37. The molecule has 2 aromatic carbocycles. The molecule has 1 fully saturated rings. The standard InChI is InChI=1S/C22H23ClN4O3S/c1-16-3-8-20(17(2)15-16)31(29,30)26-13-11-25(12-14-26)21-9-10-22(28)27(24-21)19-6-4-18(23)5-7-19/h3-10,15H,11-14H2,1-2H3. The molecule has 4 rings (SSSR count). The number of hydrogen-bond donors (Lipinski definition) is 0. The van der Waals surface area contributed by atoms with Crippen LogP contribution < -0.4 is 10.5 Å². The number of aryl methyl sites for hydroxylation is 2. The van der Waals surface area contributed by atoms with Crippen LogP contribution in [0.2, 0.25) is 5.02 Å². The molecular formula is C22H23ClN4O3S. The molecule has 0 radical (unpaired) electrons. The van der Waals surface area contributed by atoms with Crippen LogP contribution in [0.4, 0.5) is 5.82 Å². The van der Waals surface area contributed by atoms with Crippen LogP contribution in [0.1, 0.15) is 11.1 Å². The van der Waals surface area contributed by atoms with Crippen LogP contribution in [-0.2, 0) is 10.0 Å². The van der Waals surface area contributed by atoms with Gasteiger partial charge in [0.25, 0.3) is 5.56 Å². The zero-order valence-corrected chi connectivity index (χ0v) is 18.9. The van der Waals surface area contributed by atoms with E-state index in [1.807, 2.05) is 30.9 Å². The lowest BCUT2D eigenvalue weighted by molar-refractivity contribution is 0.383. The minimum absolute atomic E-state index is 0.248. The Hall–Kier alpha value is -2.68. The Kier molecular flexibility index (Phi) is 5.88. The Balaban J connectivity index is 1.53. The highest BCUT2D eigenvalue weighted by Gasteiger charge is 2.30. The topological polar surface area (TPSA) is 75.5 Å². The van der Waals surface area contributed by atoms with E-state index < -0.39 is 10.0 Å². The molecule has 1 aromatic heterocycles. The van der Waals surface area contributed by atoms with Crippen LogP contribution in [0.25, 0.3) is 5.69 Å². The van der Waals surface area contributed by atoms with Crippen molar-refractivity contribution in [3.63, 3.8) is 0 Å². The van der Waals surface area contributed by atoms with E-state index in [1.165, 1.54) is 15.1 Å². The summed E-state index contributed by atoms with van der Waals surface area (Å²) in [5.74, 6) is 0.623. The second kappa shape index (κ2) is 8.45. The maximum absolute atomic E-state index is 13.1. The largest absolute Gasteiger partial charge is 0.353 e. The number of benzene rings is 2. The van der Waals surface area contributed by atoms with Gasteiger partial charge >= 0.3 is 0 Å². The number of piperazine rings is 1. The first kappa shape index (κ1) is 21.5. The molecular weight excluding hydrogens is 436 g/mol. The summed E-state index contributed by atoms with van der Waals surface area (Å²) in [6.07, 6.45) is 0. The van der Waals surface area contributed by atoms with Crippen molar-refractivity contribution < 1.29 is 8.42 Å². The van der Waals surface area contributed by atoms with Gasteiger partial charge in [0, 0.05) is 37.3 Å². The molecule has 1 aliphatic rings. The highest BCUT2D eigenvalue weighted by Crippen LogP contribution is 2.23. The molecule has 0 unspecified atom stereocenters. The molecule has 2 heterocycles. The van der Waals surface area contributed by atoms with Crippen LogP contribution in [-0.4, -0.2) is 48.7 Å². The number of halogens is 1. The molecule has 3 aromatic rings. The quantitative estimate of drug-likeness (QED) is 0.600. The van der Waals surface area contributed by atoms with Gasteiger partial charge in [-0.2, -0.15) is 8.99 Å². The molecule has 1 saturated heterocycles. The molecule has 0 spiro atoms. The summed E-state index contributed by atoms with van der Waals surface area (Å²) in [5.41, 5.74) is 2.15. The first-order valence-corrected chi connectivity index (χ1v) is 11.8. The molecule has 0 amide bonds. The summed E-state index contributed by atoms with van der Waals surface area (Å²) >= 11 is 5.93. The Morgan fingerprint density at radius 1 is 0.903 bits per heavy atom. The van der Waals surface area contributed by atoms with Gasteiger partial charge in [0.15, 0.2) is 0 Å². The highest BCUT2D eigenvalue weighted by atomic mass is 35.5. The van der Waals surface area contributed by atoms with Gasteiger partial charge < -0.3 is 4.90 Å². The maximum Gasteiger partial charge on any atom is 0.271 e. The van der Waals surface area contributed by atoms with Crippen LogP contribution >= 0.6 is 11.6 Å². The Morgan fingerprint density at radius 2 is 1.58 bits per heavy atom. The number of nitrogens with zero attached hydrogens (tertiary/aromatic N) is 4. The first-order chi connectivity index (χ1) is 14.8. The fourth-order valence-corrected chi connectivity index (χ4v) is 5.48. The normalized spacial score (nSPS) is 15.3. The Bertz CT molecular complexity index is 1260. The van der Waals surface area contributed by atoms with Gasteiger partial charge in [-0.25, -0.2) is 8.42 Å². The zero-order chi connectivity index (χ0) is 22.2. The predicted octanol–water partition coefficient (Wildman–Crippen LogP) is 3.01. The molecule has 0 N–H and O–H groups in total. The van der Waals surface area contributed by atoms with Crippen molar-refractivity contribution in [1.82, 2.24) is 14.1 Å². The van der Waals surface area contributed by atoms with Gasteiger partial charge in [-0.15, -0.1) is 5.10 Å². The van der Waals surface area contributed by atoms with Crippen molar-refractivity contribution in [2.24, 2.45) is 0 Å². The van der Waals surface area contributed by atoms with Crippen molar-refractivity contribution in [3.05, 3.63) is 81.1 Å². The molecule has 1 aliphatic heterocycles. The van der Waals surface area contributed by atoms with Gasteiger partial charge in [0.1, 0.15) is 5.82 Å². The molecule has 9 heteroatoms. The number of anilines is 1. The minimum atomic E-state index is -3.56. The fraction of sp³-hybridized carbons (Fsp3) is 0.273. The van der Waals surface area contributed by atoms with E-state index in [9.17, 15) is 13.2 Å². The molecule has 31 heavy (non-hydrogen) atoms. The fourth-order valence-electron chi connectivity index (χ4n) is 3.72. The molecule has 0 saturated carbocycles. The lowest BCUT2D eigenvalue weighted by Crippen LogP contribution is -2.49. The third-order valence-corrected chi connectivity index (χ3v) is 7.68. The van der Waals surface area contributed by atoms with Crippen LogP contribution in [0, 0.1) is 13.8 Å². The molecule has 7 nitrogen and oxygen atoms in total. The third-order valence-electron chi connectivity index (χ3n) is 5.37. The molecule has 162 valence electrons. The van der Waals surface area contributed by atoms with E-state index >= 15 is 0 Å². The Morgan fingerprint density at radius 3 is 2.23 bits per heavy atom. The molecule has 0 atom stereocenters. The lowest BCUT2D eigenvalue weighted by atomic mass is 10.2. The van der Waals surface area contributed by atoms with E-state index in [-0.39, 0.29) is 5.56 Å². The lowest BCUT2D eigenvalue weighted by Gasteiger charge is -2.34. The first-order valence-electron chi connectivity index (χ1n) is 9.94. The maximum atomic E-state index is 13.1. The SMILES string of the molecule is Cc1ccc(S(=O)(=O)N2CCN(c3ccc(=O)n(-c4ccc(Cl)cc4)n3)CC2)c(C)c1. The van der Waals surface area contributed by atoms with Crippen molar-refractivity contribution >= 4 is 27.4 Å². The van der Waals surface area contributed by atoms with E-state index in [1.54, 1.807) is 36.4 Å². The van der Waals surface area contributed by atoms with Gasteiger partial charge in [0.05, 0.1) is 10.6 Å². The van der Waals surface area contributed by atoms with Crippen molar-refractivity contribution in [2.75, 3.05) is 31.1 Å². The highest BCUT2D eigenvalue weighted by molar-refractivity contribution is 7.89. The van der Waals surface area contributed by atoms with Gasteiger partial charge in [-0.05, 0) is 55.8 Å². The number of sulfonamides is 1. The second-order valence-electron chi connectivity index (χ2n) is 7.58. The minimum Gasteiger partial charge on any atom is -0.353 e. The number of rotatable bonds is 4. The van der Waals surface area contributed by atoms with Crippen LogP contribution in [0.15, 0.2) is 64.3 Å². The summed E-state index contributed by atoms with van der Waals surface area (Å²) in [4.78, 5) is 14.6. The summed E-state index contributed by atoms with van der Waals surface area (Å²) < 4.78 is 29.1.